The van der Waals surface area contributed by atoms with Crippen LogP contribution in [0.4, 0.5) is 0 Å². The highest BCUT2D eigenvalue weighted by Crippen LogP contribution is 2.10. The Morgan fingerprint density at radius 1 is 1.00 bits per heavy atom. The molecular weight excluding hydrogens is 340 g/mol. The highest BCUT2D eigenvalue weighted by atomic mass is 16.4. The highest BCUT2D eigenvalue weighted by Gasteiger charge is 2.06. The first-order valence-corrected chi connectivity index (χ1v) is 9.18. The lowest BCUT2D eigenvalue weighted by Gasteiger charge is -2.17. The van der Waals surface area contributed by atoms with Gasteiger partial charge >= 0.3 is 5.97 Å². The van der Waals surface area contributed by atoms with Crippen LogP contribution in [-0.2, 0) is 9.59 Å². The second-order valence-electron chi connectivity index (χ2n) is 5.85. The van der Waals surface area contributed by atoms with E-state index in [1.54, 1.807) is 4.90 Å². The maximum Gasteiger partial charge on any atom is 0.328 e. The lowest BCUT2D eigenvalue weighted by Crippen LogP contribution is -2.32. The zero-order valence-electron chi connectivity index (χ0n) is 16.1. The van der Waals surface area contributed by atoms with Gasteiger partial charge in [0.2, 0.25) is 5.91 Å². The number of aliphatic hydroxyl groups excluding tert-OH is 3. The first-order chi connectivity index (χ1) is 12.4. The van der Waals surface area contributed by atoms with Crippen molar-refractivity contribution in [3.8, 4) is 0 Å². The summed E-state index contributed by atoms with van der Waals surface area (Å²) in [6.45, 7) is 6.61. The van der Waals surface area contributed by atoms with E-state index in [0.717, 1.165) is 31.4 Å². The van der Waals surface area contributed by atoms with E-state index in [-0.39, 0.29) is 25.7 Å². The fraction of sp³-hybridized carbons (Fsp3) is 0.778. The van der Waals surface area contributed by atoms with Crippen molar-refractivity contribution in [2.24, 2.45) is 5.92 Å². The summed E-state index contributed by atoms with van der Waals surface area (Å²) in [5.41, 5.74) is 0. The molecule has 0 aromatic heterocycles. The summed E-state index contributed by atoms with van der Waals surface area (Å²) in [4.78, 5) is 23.1. The predicted octanol–water partition coefficient (Wildman–Crippen LogP) is 0.225. The normalized spacial score (nSPS) is 11.9. The van der Waals surface area contributed by atoms with Crippen LogP contribution in [0.3, 0.4) is 0 Å². The average Bonchev–Trinajstić information content (AvgIpc) is 2.61. The zero-order chi connectivity index (χ0) is 20.2. The van der Waals surface area contributed by atoms with Crippen molar-refractivity contribution in [3.05, 3.63) is 12.2 Å². The van der Waals surface area contributed by atoms with E-state index < -0.39 is 5.97 Å². The van der Waals surface area contributed by atoms with Crippen LogP contribution in [0.2, 0.25) is 0 Å². The molecule has 0 aromatic carbocycles. The zero-order valence-corrected chi connectivity index (χ0v) is 16.1. The molecule has 0 aliphatic carbocycles. The summed E-state index contributed by atoms with van der Waals surface area (Å²) in [5.74, 6) is -0.951. The van der Waals surface area contributed by atoms with Gasteiger partial charge in [-0.05, 0) is 12.3 Å². The molecule has 1 amide bonds. The number of aliphatic hydroxyl groups is 3. The Morgan fingerprint density at radius 3 is 1.92 bits per heavy atom. The maximum absolute atomic E-state index is 11.2. The number of carbonyl (C=O) groups is 2. The molecule has 0 radical (unpaired) electrons. The molecule has 0 bridgehead atoms. The summed E-state index contributed by atoms with van der Waals surface area (Å²) in [6.07, 6.45) is 6.36. The quantitative estimate of drug-likeness (QED) is 0.274. The van der Waals surface area contributed by atoms with Crippen LogP contribution in [0.1, 0.15) is 39.5 Å². The molecule has 0 saturated heterocycles. The Morgan fingerprint density at radius 2 is 1.54 bits per heavy atom. The third-order valence-electron chi connectivity index (χ3n) is 3.73. The van der Waals surface area contributed by atoms with Crippen LogP contribution in [0.25, 0.3) is 0 Å². The number of carbonyl (C=O) groups excluding carboxylic acids is 1. The van der Waals surface area contributed by atoms with Crippen molar-refractivity contribution in [1.29, 1.82) is 0 Å². The van der Waals surface area contributed by atoms with Crippen LogP contribution < -0.4 is 5.32 Å². The van der Waals surface area contributed by atoms with Crippen molar-refractivity contribution in [1.82, 2.24) is 10.2 Å². The largest absolute Gasteiger partial charge is 0.478 e. The van der Waals surface area contributed by atoms with E-state index in [9.17, 15) is 9.59 Å². The van der Waals surface area contributed by atoms with Gasteiger partial charge in [0.1, 0.15) is 0 Å². The van der Waals surface area contributed by atoms with Crippen LogP contribution >= 0.6 is 0 Å². The number of amides is 1. The molecule has 0 spiro atoms. The van der Waals surface area contributed by atoms with Crippen LogP contribution in [-0.4, -0.2) is 83.2 Å². The minimum atomic E-state index is -1.10. The molecule has 0 heterocycles. The summed E-state index contributed by atoms with van der Waals surface area (Å²) in [6, 6.07) is 0. The van der Waals surface area contributed by atoms with E-state index in [1.165, 1.54) is 6.42 Å². The third kappa shape index (κ3) is 18.9. The van der Waals surface area contributed by atoms with Gasteiger partial charge in [0.05, 0.1) is 19.8 Å². The fourth-order valence-electron chi connectivity index (χ4n) is 2.15. The molecule has 0 aromatic rings. The second-order valence-corrected chi connectivity index (χ2v) is 5.85. The van der Waals surface area contributed by atoms with E-state index in [1.807, 2.05) is 0 Å². The Bertz CT molecular complexity index is 362. The standard InChI is InChI=1S/C12H21NO3.C6H15NO3/c1-3-5-6-10(4-2)9-13-11(14)7-8-12(15)16;8-4-1-7(2-5-9)3-6-10/h7-8,10H,3-6,9H2,1-2H3,(H,13,14)(H,15,16);8-10H,1-6H2. The summed E-state index contributed by atoms with van der Waals surface area (Å²) >= 11 is 0. The molecule has 154 valence electrons. The minimum Gasteiger partial charge on any atom is -0.478 e. The summed E-state index contributed by atoms with van der Waals surface area (Å²) in [5, 5.41) is 36.5. The Kier molecular flexibility index (Phi) is 20.4. The number of nitrogens with one attached hydrogen (secondary N) is 1. The monoisotopic (exact) mass is 376 g/mol. The minimum absolute atomic E-state index is 0.0694. The number of unbranched alkanes of at least 4 members (excludes halogenated alkanes) is 1. The van der Waals surface area contributed by atoms with Gasteiger partial charge < -0.3 is 25.7 Å². The Labute approximate surface area is 156 Å². The summed E-state index contributed by atoms with van der Waals surface area (Å²) in [7, 11) is 0. The molecule has 0 rings (SSSR count). The number of hydrogen-bond acceptors (Lipinski definition) is 6. The first-order valence-electron chi connectivity index (χ1n) is 9.18. The number of nitrogens with zero attached hydrogens (tertiary/aromatic N) is 1. The van der Waals surface area contributed by atoms with Gasteiger partial charge in [0, 0.05) is 38.3 Å². The molecule has 0 saturated carbocycles. The average molecular weight is 376 g/mol. The molecule has 0 fully saturated rings. The lowest BCUT2D eigenvalue weighted by atomic mass is 9.99. The van der Waals surface area contributed by atoms with Gasteiger partial charge in [-0.1, -0.05) is 33.1 Å². The maximum atomic E-state index is 11.2. The Hall–Kier alpha value is -1.48. The summed E-state index contributed by atoms with van der Waals surface area (Å²) < 4.78 is 0. The molecular formula is C18H36N2O6. The van der Waals surface area contributed by atoms with Gasteiger partial charge in [0.15, 0.2) is 0 Å². The van der Waals surface area contributed by atoms with Crippen LogP contribution in [0.5, 0.6) is 0 Å². The molecule has 0 aliphatic heterocycles. The smallest absolute Gasteiger partial charge is 0.328 e. The SMILES string of the molecule is CCCCC(CC)CNC(=O)C=CC(=O)O.OCCN(CCO)CCO. The highest BCUT2D eigenvalue weighted by molar-refractivity contribution is 5.93. The van der Waals surface area contributed by atoms with E-state index in [2.05, 4.69) is 19.2 Å². The van der Waals surface area contributed by atoms with Gasteiger partial charge in [-0.3, -0.25) is 9.69 Å². The van der Waals surface area contributed by atoms with Crippen LogP contribution in [0, 0.1) is 5.92 Å². The molecule has 8 heteroatoms. The van der Waals surface area contributed by atoms with E-state index in [4.69, 9.17) is 20.4 Å². The van der Waals surface area contributed by atoms with Gasteiger partial charge in [0.25, 0.3) is 0 Å². The fourth-order valence-corrected chi connectivity index (χ4v) is 2.15. The third-order valence-corrected chi connectivity index (χ3v) is 3.73. The molecule has 8 nitrogen and oxygen atoms in total. The second kappa shape index (κ2) is 19.8. The number of hydrogen-bond donors (Lipinski definition) is 5. The van der Waals surface area contributed by atoms with Gasteiger partial charge in [-0.15, -0.1) is 0 Å². The number of aliphatic carboxylic acids is 1. The molecule has 0 aliphatic rings. The van der Waals surface area contributed by atoms with Gasteiger partial charge in [-0.2, -0.15) is 0 Å². The van der Waals surface area contributed by atoms with Crippen molar-refractivity contribution < 1.29 is 30.0 Å². The van der Waals surface area contributed by atoms with Crippen molar-refractivity contribution >= 4 is 11.9 Å². The number of rotatable bonds is 14. The predicted molar refractivity (Wildman–Crippen MR) is 101 cm³/mol. The molecule has 26 heavy (non-hydrogen) atoms. The first kappa shape index (κ1) is 26.7. The van der Waals surface area contributed by atoms with E-state index in [0.29, 0.717) is 32.1 Å². The van der Waals surface area contributed by atoms with Crippen molar-refractivity contribution in [2.45, 2.75) is 39.5 Å². The van der Waals surface area contributed by atoms with Crippen LogP contribution in [0.15, 0.2) is 12.2 Å². The van der Waals surface area contributed by atoms with Crippen molar-refractivity contribution in [3.63, 3.8) is 0 Å². The van der Waals surface area contributed by atoms with E-state index >= 15 is 0 Å². The van der Waals surface area contributed by atoms with Gasteiger partial charge in [-0.25, -0.2) is 4.79 Å². The van der Waals surface area contributed by atoms with Crippen molar-refractivity contribution in [2.75, 3.05) is 46.0 Å². The Balaban J connectivity index is 0. The topological polar surface area (TPSA) is 130 Å². The number of carboxylic acids is 1. The molecule has 5 N–H and O–H groups in total. The lowest BCUT2D eigenvalue weighted by molar-refractivity contribution is -0.131. The number of carboxylic acid groups (broad SMARTS) is 1. The molecule has 1 atom stereocenters. The molecule has 1 unspecified atom stereocenters.